The molecule has 2 aromatic carbocycles. The molecule has 4 rings (SSSR count). The molecule has 0 atom stereocenters. The Morgan fingerprint density at radius 1 is 1.16 bits per heavy atom. The molecule has 0 bridgehead atoms. The maximum atomic E-state index is 12.8. The van der Waals surface area contributed by atoms with Gasteiger partial charge in [0.15, 0.2) is 0 Å². The summed E-state index contributed by atoms with van der Waals surface area (Å²) in [7, 11) is 0. The molecule has 0 unspecified atom stereocenters. The first-order valence-electron chi connectivity index (χ1n) is 7.95. The number of aromatic nitrogens is 2. The lowest BCUT2D eigenvalue weighted by atomic mass is 10.1. The third-order valence-electron chi connectivity index (χ3n) is 4.24. The fraction of sp³-hybridized carbons (Fsp3) is 0.158. The van der Waals surface area contributed by atoms with Crippen molar-refractivity contribution >= 4 is 35.1 Å². The van der Waals surface area contributed by atoms with Gasteiger partial charge in [-0.15, -0.1) is 0 Å². The lowest BCUT2D eigenvalue weighted by Crippen LogP contribution is -2.17. The number of nitrogens with zero attached hydrogens (tertiary/aromatic N) is 2. The van der Waals surface area contributed by atoms with Gasteiger partial charge < -0.3 is 5.32 Å². The summed E-state index contributed by atoms with van der Waals surface area (Å²) in [5.74, 6) is 2.35. The number of carbonyl (C=O) groups is 1. The predicted molar refractivity (Wildman–Crippen MR) is 103 cm³/mol. The highest BCUT2D eigenvalue weighted by molar-refractivity contribution is 7.98. The Kier molecular flexibility index (Phi) is 4.27. The number of thioether (sulfide) groups is 1. The van der Waals surface area contributed by atoms with Gasteiger partial charge in [0, 0.05) is 27.7 Å². The molecule has 6 heteroatoms. The van der Waals surface area contributed by atoms with Crippen molar-refractivity contribution in [2.75, 3.05) is 5.32 Å². The zero-order chi connectivity index (χ0) is 17.4. The van der Waals surface area contributed by atoms with Crippen LogP contribution in [0.2, 0.25) is 5.02 Å². The van der Waals surface area contributed by atoms with E-state index in [1.807, 2.05) is 67.2 Å². The number of fused-ring (bicyclic) bond motifs is 1. The molecule has 126 valence electrons. The van der Waals surface area contributed by atoms with E-state index in [0.717, 1.165) is 39.8 Å². The van der Waals surface area contributed by atoms with Crippen LogP contribution >= 0.6 is 23.4 Å². The minimum Gasteiger partial charge on any atom is -0.306 e. The normalized spacial score (nSPS) is 12.9. The van der Waals surface area contributed by atoms with Gasteiger partial charge >= 0.3 is 0 Å². The summed E-state index contributed by atoms with van der Waals surface area (Å²) in [6, 6.07) is 15.0. The van der Waals surface area contributed by atoms with E-state index in [1.54, 1.807) is 4.68 Å². The first kappa shape index (κ1) is 16.2. The van der Waals surface area contributed by atoms with Gasteiger partial charge in [0.05, 0.1) is 11.4 Å². The topological polar surface area (TPSA) is 46.9 Å². The second-order valence-corrected chi connectivity index (χ2v) is 7.35. The summed E-state index contributed by atoms with van der Waals surface area (Å²) >= 11 is 7.80. The second-order valence-electron chi connectivity index (χ2n) is 5.92. The van der Waals surface area contributed by atoms with E-state index in [4.69, 9.17) is 16.7 Å². The highest BCUT2D eigenvalue weighted by atomic mass is 35.5. The Labute approximate surface area is 155 Å². The number of carbonyl (C=O) groups excluding carboxylic acids is 1. The van der Waals surface area contributed by atoms with Gasteiger partial charge in [0.2, 0.25) is 0 Å². The summed E-state index contributed by atoms with van der Waals surface area (Å²) in [4.78, 5) is 12.8. The zero-order valence-corrected chi connectivity index (χ0v) is 15.2. The van der Waals surface area contributed by atoms with Crippen molar-refractivity contribution in [2.45, 2.75) is 18.4 Å². The number of benzene rings is 2. The predicted octanol–water partition coefficient (Wildman–Crippen LogP) is 4.83. The van der Waals surface area contributed by atoms with Crippen molar-refractivity contribution < 1.29 is 4.79 Å². The SMILES string of the molecule is Cc1ccccc1C(=O)Nc1c2c(nn1-c1ccc(Cl)cc1)CSC2. The first-order chi connectivity index (χ1) is 12.1. The third kappa shape index (κ3) is 3.05. The van der Waals surface area contributed by atoms with E-state index >= 15 is 0 Å². The number of hydrogen-bond donors (Lipinski definition) is 1. The molecular weight excluding hydrogens is 354 g/mol. The molecule has 0 fully saturated rings. The lowest BCUT2D eigenvalue weighted by molar-refractivity contribution is 0.102. The monoisotopic (exact) mass is 369 g/mol. The van der Waals surface area contributed by atoms with E-state index in [0.29, 0.717) is 10.6 Å². The first-order valence-corrected chi connectivity index (χ1v) is 9.48. The van der Waals surface area contributed by atoms with E-state index < -0.39 is 0 Å². The minimum atomic E-state index is -0.118. The quantitative estimate of drug-likeness (QED) is 0.719. The summed E-state index contributed by atoms with van der Waals surface area (Å²) in [6.07, 6.45) is 0. The summed E-state index contributed by atoms with van der Waals surface area (Å²) < 4.78 is 1.80. The molecular formula is C19H16ClN3OS. The van der Waals surface area contributed by atoms with Crippen LogP contribution in [-0.2, 0) is 11.5 Å². The fourth-order valence-corrected chi connectivity index (χ4v) is 4.07. The van der Waals surface area contributed by atoms with Crippen LogP contribution in [0.5, 0.6) is 0 Å². The number of aryl methyl sites for hydroxylation is 1. The van der Waals surface area contributed by atoms with E-state index in [9.17, 15) is 4.79 Å². The number of amides is 1. The molecule has 4 nitrogen and oxygen atoms in total. The summed E-state index contributed by atoms with van der Waals surface area (Å²) in [5.41, 5.74) is 4.63. The molecule has 0 saturated heterocycles. The summed E-state index contributed by atoms with van der Waals surface area (Å²) in [6.45, 7) is 1.94. The molecule has 0 saturated carbocycles. The zero-order valence-electron chi connectivity index (χ0n) is 13.6. The molecule has 3 aromatic rings. The van der Waals surface area contributed by atoms with Crippen molar-refractivity contribution in [3.05, 3.63) is 75.9 Å². The lowest BCUT2D eigenvalue weighted by Gasteiger charge is -2.12. The number of nitrogens with one attached hydrogen (secondary N) is 1. The van der Waals surface area contributed by atoms with Crippen molar-refractivity contribution in [3.8, 4) is 5.69 Å². The third-order valence-corrected chi connectivity index (χ3v) is 5.47. The number of rotatable bonds is 3. The molecule has 1 aliphatic rings. The van der Waals surface area contributed by atoms with Gasteiger partial charge in [0.1, 0.15) is 5.82 Å². The Morgan fingerprint density at radius 3 is 2.68 bits per heavy atom. The maximum Gasteiger partial charge on any atom is 0.257 e. The Bertz CT molecular complexity index is 950. The van der Waals surface area contributed by atoms with Crippen LogP contribution in [0.25, 0.3) is 5.69 Å². The summed E-state index contributed by atoms with van der Waals surface area (Å²) in [5, 5.41) is 8.44. The molecule has 1 aromatic heterocycles. The Hall–Kier alpha value is -2.24. The average molecular weight is 370 g/mol. The van der Waals surface area contributed by atoms with Gasteiger partial charge in [-0.1, -0.05) is 29.8 Å². The van der Waals surface area contributed by atoms with Crippen LogP contribution in [-0.4, -0.2) is 15.7 Å². The van der Waals surface area contributed by atoms with Gasteiger partial charge in [0.25, 0.3) is 5.91 Å². The average Bonchev–Trinajstić information content (AvgIpc) is 3.19. The van der Waals surface area contributed by atoms with Crippen LogP contribution in [0.15, 0.2) is 48.5 Å². The number of hydrogen-bond acceptors (Lipinski definition) is 3. The van der Waals surface area contributed by atoms with E-state index in [2.05, 4.69) is 5.32 Å². The molecule has 2 heterocycles. The van der Waals surface area contributed by atoms with Gasteiger partial charge in [-0.05, 0) is 42.8 Å². The van der Waals surface area contributed by atoms with Crippen LogP contribution in [0.4, 0.5) is 5.82 Å². The molecule has 1 N–H and O–H groups in total. The molecule has 0 spiro atoms. The highest BCUT2D eigenvalue weighted by Gasteiger charge is 2.25. The molecule has 0 aliphatic carbocycles. The van der Waals surface area contributed by atoms with Crippen LogP contribution < -0.4 is 5.32 Å². The van der Waals surface area contributed by atoms with E-state index in [-0.39, 0.29) is 5.91 Å². The highest BCUT2D eigenvalue weighted by Crippen LogP contribution is 2.36. The van der Waals surface area contributed by atoms with Crippen LogP contribution in [0.3, 0.4) is 0 Å². The molecule has 1 amide bonds. The van der Waals surface area contributed by atoms with Crippen molar-refractivity contribution in [1.82, 2.24) is 9.78 Å². The van der Waals surface area contributed by atoms with Crippen LogP contribution in [0.1, 0.15) is 27.2 Å². The Morgan fingerprint density at radius 2 is 1.92 bits per heavy atom. The minimum absolute atomic E-state index is 0.118. The van der Waals surface area contributed by atoms with Gasteiger partial charge in [-0.25, -0.2) is 4.68 Å². The maximum absolute atomic E-state index is 12.8. The number of halogens is 1. The molecule has 0 radical (unpaired) electrons. The van der Waals surface area contributed by atoms with Crippen molar-refractivity contribution in [1.29, 1.82) is 0 Å². The van der Waals surface area contributed by atoms with Crippen molar-refractivity contribution in [3.63, 3.8) is 0 Å². The largest absolute Gasteiger partial charge is 0.306 e. The molecule has 25 heavy (non-hydrogen) atoms. The standard InChI is InChI=1S/C19H16ClN3OS/c1-12-4-2-3-5-15(12)19(24)21-18-16-10-25-11-17(16)22-23(18)14-8-6-13(20)7-9-14/h2-9H,10-11H2,1H3,(H,21,24). The molecule has 1 aliphatic heterocycles. The van der Waals surface area contributed by atoms with E-state index in [1.165, 1.54) is 0 Å². The second kappa shape index (κ2) is 6.58. The smallest absolute Gasteiger partial charge is 0.257 e. The fourth-order valence-electron chi connectivity index (χ4n) is 2.91. The Balaban J connectivity index is 1.75. The van der Waals surface area contributed by atoms with Gasteiger partial charge in [-0.2, -0.15) is 16.9 Å². The van der Waals surface area contributed by atoms with Gasteiger partial charge in [-0.3, -0.25) is 4.79 Å². The number of anilines is 1. The van der Waals surface area contributed by atoms with Crippen LogP contribution in [0, 0.1) is 6.92 Å². The van der Waals surface area contributed by atoms with Crippen molar-refractivity contribution in [2.24, 2.45) is 0 Å².